The van der Waals surface area contributed by atoms with Crippen molar-refractivity contribution in [2.45, 2.75) is 45.3 Å². The molecule has 0 saturated carbocycles. The largest absolute Gasteiger partial charge is 0.463 e. The van der Waals surface area contributed by atoms with Crippen LogP contribution in [0.4, 0.5) is 11.6 Å². The van der Waals surface area contributed by atoms with Gasteiger partial charge >= 0.3 is 23.9 Å². The number of rotatable bonds is 8. The minimum Gasteiger partial charge on any atom is -0.463 e. The topological polar surface area (TPSA) is 157 Å². The fourth-order valence-electron chi connectivity index (χ4n) is 3.34. The summed E-state index contributed by atoms with van der Waals surface area (Å²) in [5.74, 6) is -3.17. The van der Waals surface area contributed by atoms with Crippen LogP contribution < -0.4 is 5.32 Å². The molecule has 2 aromatic rings. The van der Waals surface area contributed by atoms with Gasteiger partial charge in [0, 0.05) is 31.5 Å². The number of aromatic nitrogens is 3. The van der Waals surface area contributed by atoms with E-state index in [9.17, 15) is 19.2 Å². The molecule has 0 aliphatic carbocycles. The van der Waals surface area contributed by atoms with Crippen LogP contribution in [0.1, 0.15) is 37.6 Å². The van der Waals surface area contributed by atoms with Crippen molar-refractivity contribution in [3.63, 3.8) is 0 Å². The predicted octanol–water partition coefficient (Wildman–Crippen LogP) is 1.79. The van der Waals surface area contributed by atoms with Crippen molar-refractivity contribution in [2.24, 2.45) is 0 Å². The number of esters is 4. The second kappa shape index (κ2) is 11.1. The Morgan fingerprint density at radius 2 is 1.66 bits per heavy atom. The molecule has 1 aromatic heterocycles. The molecule has 1 aromatic carbocycles. The van der Waals surface area contributed by atoms with E-state index in [1.54, 1.807) is 24.3 Å². The number of carbonyl (C=O) groups excluding carboxylic acids is 4. The van der Waals surface area contributed by atoms with Gasteiger partial charge in [-0.15, -0.1) is 5.10 Å². The highest BCUT2D eigenvalue weighted by Crippen LogP contribution is 2.35. The minimum absolute atomic E-state index is 0.00892. The highest BCUT2D eigenvalue weighted by atomic mass is 35.5. The van der Waals surface area contributed by atoms with Gasteiger partial charge in [-0.3, -0.25) is 14.4 Å². The smallest absolute Gasteiger partial charge is 0.376 e. The monoisotopic (exact) mass is 510 g/mol. The van der Waals surface area contributed by atoms with Gasteiger partial charge in [-0.1, -0.05) is 11.6 Å². The van der Waals surface area contributed by atoms with Gasteiger partial charge in [0.2, 0.25) is 11.8 Å². The van der Waals surface area contributed by atoms with E-state index >= 15 is 0 Å². The fraction of sp³-hybridized carbons (Fsp3) is 0.429. The molecule has 14 heteroatoms. The summed E-state index contributed by atoms with van der Waals surface area (Å²) in [5, 5.41) is 7.71. The van der Waals surface area contributed by atoms with Crippen LogP contribution in [-0.2, 0) is 38.1 Å². The number of halogens is 1. The first-order valence-electron chi connectivity index (χ1n) is 10.3. The Balaban J connectivity index is 2.02. The van der Waals surface area contributed by atoms with E-state index < -0.39 is 48.4 Å². The van der Waals surface area contributed by atoms with Gasteiger partial charge in [-0.2, -0.15) is 4.98 Å². The molecule has 0 spiro atoms. The average Bonchev–Trinajstić information content (AvgIpc) is 3.34. The third kappa shape index (κ3) is 6.45. The summed E-state index contributed by atoms with van der Waals surface area (Å²) in [7, 11) is 1.15. The van der Waals surface area contributed by atoms with Crippen molar-refractivity contribution < 1.29 is 42.9 Å². The highest BCUT2D eigenvalue weighted by molar-refractivity contribution is 6.30. The lowest BCUT2D eigenvalue weighted by Gasteiger charge is -2.23. The van der Waals surface area contributed by atoms with Gasteiger partial charge in [-0.25, -0.2) is 9.48 Å². The molecule has 1 aliphatic rings. The second-order valence-electron chi connectivity index (χ2n) is 7.34. The third-order valence-electron chi connectivity index (χ3n) is 4.68. The first-order valence-corrected chi connectivity index (χ1v) is 10.7. The molecule has 0 unspecified atom stereocenters. The first-order chi connectivity index (χ1) is 16.6. The SMILES string of the molecule is COC(=O)c1nc(Nc2ccc(Cl)cc2)nn1[C@@H]1O[C@H](COC(C)=O)[C@@H](OC(C)=O)[C@H]1OC(C)=O. The van der Waals surface area contributed by atoms with E-state index in [0.29, 0.717) is 10.7 Å². The quantitative estimate of drug-likeness (QED) is 0.406. The van der Waals surface area contributed by atoms with Crippen LogP contribution in [0, 0.1) is 0 Å². The molecule has 13 nitrogen and oxygen atoms in total. The summed E-state index contributed by atoms with van der Waals surface area (Å²) in [6, 6.07) is 6.62. The minimum atomic E-state index is -1.29. The van der Waals surface area contributed by atoms with Gasteiger partial charge in [-0.05, 0) is 24.3 Å². The highest BCUT2D eigenvalue weighted by Gasteiger charge is 2.52. The molecular formula is C21H23ClN4O9. The molecule has 35 heavy (non-hydrogen) atoms. The summed E-state index contributed by atoms with van der Waals surface area (Å²) in [5.41, 5.74) is 0.567. The van der Waals surface area contributed by atoms with Crippen LogP contribution in [-0.4, -0.2) is 70.7 Å². The van der Waals surface area contributed by atoms with Crippen LogP contribution in [0.2, 0.25) is 5.02 Å². The van der Waals surface area contributed by atoms with E-state index in [1.807, 2.05) is 0 Å². The maximum Gasteiger partial charge on any atom is 0.376 e. The van der Waals surface area contributed by atoms with E-state index in [2.05, 4.69) is 15.4 Å². The molecule has 1 saturated heterocycles. The molecule has 4 atom stereocenters. The second-order valence-corrected chi connectivity index (χ2v) is 7.78. The number of benzene rings is 1. The molecule has 0 amide bonds. The zero-order valence-electron chi connectivity index (χ0n) is 19.2. The van der Waals surface area contributed by atoms with E-state index in [0.717, 1.165) is 25.6 Å². The van der Waals surface area contributed by atoms with Crippen molar-refractivity contribution >= 4 is 47.1 Å². The summed E-state index contributed by atoms with van der Waals surface area (Å²) < 4.78 is 27.5. The lowest BCUT2D eigenvalue weighted by Crippen LogP contribution is -2.41. The maximum atomic E-state index is 12.5. The molecule has 0 radical (unpaired) electrons. The molecular weight excluding hydrogens is 488 g/mol. The number of nitrogens with zero attached hydrogens (tertiary/aromatic N) is 3. The average molecular weight is 511 g/mol. The molecule has 0 bridgehead atoms. The van der Waals surface area contributed by atoms with Gasteiger partial charge < -0.3 is 29.0 Å². The molecule has 2 heterocycles. The number of hydrogen-bond donors (Lipinski definition) is 1. The van der Waals surface area contributed by atoms with Crippen LogP contribution in [0.25, 0.3) is 0 Å². The molecule has 1 N–H and O–H groups in total. The molecule has 1 aliphatic heterocycles. The Bertz CT molecular complexity index is 1100. The maximum absolute atomic E-state index is 12.5. The Morgan fingerprint density at radius 1 is 1.03 bits per heavy atom. The van der Waals surface area contributed by atoms with Gasteiger partial charge in [0.25, 0.3) is 0 Å². The Kier molecular flexibility index (Phi) is 8.25. The number of carbonyl (C=O) groups is 4. The Labute approximate surface area is 204 Å². The van der Waals surface area contributed by atoms with Crippen molar-refractivity contribution in [1.82, 2.24) is 14.8 Å². The van der Waals surface area contributed by atoms with Gasteiger partial charge in [0.05, 0.1) is 7.11 Å². The summed E-state index contributed by atoms with van der Waals surface area (Å²) >= 11 is 5.91. The van der Waals surface area contributed by atoms with Crippen LogP contribution in [0.3, 0.4) is 0 Å². The zero-order valence-corrected chi connectivity index (χ0v) is 20.0. The van der Waals surface area contributed by atoms with Crippen molar-refractivity contribution in [3.8, 4) is 0 Å². The van der Waals surface area contributed by atoms with Crippen LogP contribution >= 0.6 is 11.6 Å². The molecule has 188 valence electrons. The van der Waals surface area contributed by atoms with Gasteiger partial charge in [0.1, 0.15) is 12.7 Å². The lowest BCUT2D eigenvalue weighted by atomic mass is 10.1. The normalized spacial score (nSPS) is 21.2. The van der Waals surface area contributed by atoms with E-state index in [-0.39, 0.29) is 18.4 Å². The number of methoxy groups -OCH3 is 1. The summed E-state index contributed by atoms with van der Waals surface area (Å²) in [6.45, 7) is 3.18. The van der Waals surface area contributed by atoms with Crippen LogP contribution in [0.15, 0.2) is 24.3 Å². The summed E-state index contributed by atoms with van der Waals surface area (Å²) in [4.78, 5) is 51.6. The fourth-order valence-corrected chi connectivity index (χ4v) is 3.46. The lowest BCUT2D eigenvalue weighted by molar-refractivity contribution is -0.166. The number of ether oxygens (including phenoxy) is 5. The predicted molar refractivity (Wildman–Crippen MR) is 118 cm³/mol. The number of anilines is 2. The Hall–Kier alpha value is -3.71. The third-order valence-corrected chi connectivity index (χ3v) is 4.93. The standard InChI is InChI=1S/C21H23ClN4O9/c1-10(27)32-9-15-16(33-11(2)28)17(34-12(3)29)19(35-15)26-18(20(30)31-4)24-21(25-26)23-14-7-5-13(22)6-8-14/h5-8,15-17,19H,9H2,1-4H3,(H,23,25)/t15-,16-,17-,19-/m1/s1. The van der Waals surface area contributed by atoms with Crippen molar-refractivity contribution in [2.75, 3.05) is 19.0 Å². The molecule has 1 fully saturated rings. The zero-order chi connectivity index (χ0) is 25.7. The van der Waals surface area contributed by atoms with E-state index in [4.69, 9.17) is 35.3 Å². The van der Waals surface area contributed by atoms with Crippen molar-refractivity contribution in [1.29, 1.82) is 0 Å². The number of hydrogen-bond acceptors (Lipinski definition) is 12. The van der Waals surface area contributed by atoms with E-state index in [1.165, 1.54) is 6.92 Å². The molecule has 3 rings (SSSR count). The first kappa shape index (κ1) is 25.9. The Morgan fingerprint density at radius 3 is 2.23 bits per heavy atom. The number of nitrogens with one attached hydrogen (secondary N) is 1. The van der Waals surface area contributed by atoms with Crippen LogP contribution in [0.5, 0.6) is 0 Å². The van der Waals surface area contributed by atoms with Crippen molar-refractivity contribution in [3.05, 3.63) is 35.1 Å². The summed E-state index contributed by atoms with van der Waals surface area (Å²) in [6.07, 6.45) is -4.76. The van der Waals surface area contributed by atoms with Gasteiger partial charge in [0.15, 0.2) is 18.4 Å².